The van der Waals surface area contributed by atoms with Crippen molar-refractivity contribution in [3.8, 4) is 11.5 Å². The van der Waals surface area contributed by atoms with Crippen molar-refractivity contribution in [3.05, 3.63) is 53.6 Å². The van der Waals surface area contributed by atoms with E-state index < -0.39 is 0 Å². The summed E-state index contributed by atoms with van der Waals surface area (Å²) in [6, 6.07) is 11.2. The molecule has 0 radical (unpaired) electrons. The minimum absolute atomic E-state index is 0.0262. The number of hydrogen-bond donors (Lipinski definition) is 3. The lowest BCUT2D eigenvalue weighted by Gasteiger charge is -2.08. The molecular formula is C19H21N3O4. The van der Waals surface area contributed by atoms with E-state index in [4.69, 9.17) is 4.74 Å². The number of anilines is 1. The Morgan fingerprint density at radius 1 is 1.15 bits per heavy atom. The van der Waals surface area contributed by atoms with Gasteiger partial charge in [0.25, 0.3) is 5.91 Å². The van der Waals surface area contributed by atoms with Crippen LogP contribution in [-0.4, -0.2) is 30.2 Å². The third-order valence-corrected chi connectivity index (χ3v) is 3.52. The Balaban J connectivity index is 1.96. The number of carbonyl (C=O) groups excluding carboxylic acids is 2. The number of nitrogens with zero attached hydrogens (tertiary/aromatic N) is 1. The minimum atomic E-state index is -0.381. The van der Waals surface area contributed by atoms with Gasteiger partial charge in [-0.05, 0) is 48.0 Å². The topological polar surface area (TPSA) is 100 Å². The second-order valence-corrected chi connectivity index (χ2v) is 5.85. The van der Waals surface area contributed by atoms with E-state index in [0.29, 0.717) is 22.6 Å². The van der Waals surface area contributed by atoms with E-state index in [-0.39, 0.29) is 23.5 Å². The molecule has 7 heteroatoms. The number of nitrogens with one attached hydrogen (secondary N) is 2. The fourth-order valence-corrected chi connectivity index (χ4v) is 2.00. The summed E-state index contributed by atoms with van der Waals surface area (Å²) in [5.41, 5.74) is 4.11. The van der Waals surface area contributed by atoms with E-state index in [1.165, 1.54) is 19.4 Å². The standard InChI is InChI=1S/C19H21N3O4/c1-12(2)18(24)21-15-7-5-14(6-8-15)19(25)22-20-11-13-4-9-16(23)17(10-13)26-3/h4-12,23H,1-3H3,(H,21,24)(H,22,25)/b20-11+. The predicted molar refractivity (Wildman–Crippen MR) is 99.6 cm³/mol. The first-order valence-electron chi connectivity index (χ1n) is 8.02. The van der Waals surface area contributed by atoms with Gasteiger partial charge in [0.05, 0.1) is 13.3 Å². The van der Waals surface area contributed by atoms with Crippen molar-refractivity contribution in [2.24, 2.45) is 11.0 Å². The molecule has 0 spiro atoms. The number of phenolic OH excluding ortho intramolecular Hbond substituents is 1. The van der Waals surface area contributed by atoms with Crippen molar-refractivity contribution in [1.82, 2.24) is 5.43 Å². The summed E-state index contributed by atoms with van der Waals surface area (Å²) in [5, 5.41) is 16.2. The maximum absolute atomic E-state index is 12.1. The molecule has 0 aliphatic rings. The van der Waals surface area contributed by atoms with Crippen molar-refractivity contribution >= 4 is 23.7 Å². The molecule has 0 unspecified atom stereocenters. The number of ether oxygens (including phenoxy) is 1. The lowest BCUT2D eigenvalue weighted by molar-refractivity contribution is -0.118. The van der Waals surface area contributed by atoms with Crippen molar-refractivity contribution in [3.63, 3.8) is 0 Å². The van der Waals surface area contributed by atoms with Gasteiger partial charge in [0.1, 0.15) is 0 Å². The number of phenols is 1. The number of carbonyl (C=O) groups is 2. The summed E-state index contributed by atoms with van der Waals surface area (Å²) < 4.78 is 5.01. The first-order valence-corrected chi connectivity index (χ1v) is 8.02. The molecule has 0 bridgehead atoms. The molecule has 0 atom stereocenters. The Hall–Kier alpha value is -3.35. The van der Waals surface area contributed by atoms with Crippen molar-refractivity contribution in [2.75, 3.05) is 12.4 Å². The Kier molecular flexibility index (Phi) is 6.32. The Morgan fingerprint density at radius 3 is 2.46 bits per heavy atom. The third kappa shape index (κ3) is 5.07. The van der Waals surface area contributed by atoms with Gasteiger partial charge in [-0.25, -0.2) is 5.43 Å². The molecule has 2 aromatic rings. The molecule has 2 aromatic carbocycles. The summed E-state index contributed by atoms with van der Waals surface area (Å²) in [5.74, 6) is -0.242. The van der Waals surface area contributed by atoms with Crippen LogP contribution in [0.2, 0.25) is 0 Å². The third-order valence-electron chi connectivity index (χ3n) is 3.52. The fraction of sp³-hybridized carbons (Fsp3) is 0.211. The van der Waals surface area contributed by atoms with Gasteiger partial charge in [0.15, 0.2) is 11.5 Å². The van der Waals surface area contributed by atoms with Crippen LogP contribution in [0, 0.1) is 5.92 Å². The average Bonchev–Trinajstić information content (AvgIpc) is 2.63. The molecule has 0 aliphatic heterocycles. The van der Waals surface area contributed by atoms with Gasteiger partial charge >= 0.3 is 0 Å². The highest BCUT2D eigenvalue weighted by atomic mass is 16.5. The first kappa shape index (κ1) is 19.0. The Bertz CT molecular complexity index is 814. The summed E-state index contributed by atoms with van der Waals surface area (Å²) in [7, 11) is 1.45. The highest BCUT2D eigenvalue weighted by Crippen LogP contribution is 2.25. The number of rotatable bonds is 6. The molecular weight excluding hydrogens is 334 g/mol. The highest BCUT2D eigenvalue weighted by molar-refractivity contribution is 5.96. The van der Waals surface area contributed by atoms with Gasteiger partial charge in [-0.2, -0.15) is 5.10 Å². The van der Waals surface area contributed by atoms with Crippen LogP contribution < -0.4 is 15.5 Å². The molecule has 26 heavy (non-hydrogen) atoms. The Morgan fingerprint density at radius 2 is 1.85 bits per heavy atom. The molecule has 2 amide bonds. The monoisotopic (exact) mass is 355 g/mol. The van der Waals surface area contributed by atoms with Crippen LogP contribution in [0.25, 0.3) is 0 Å². The van der Waals surface area contributed by atoms with Gasteiger partial charge in [-0.1, -0.05) is 13.8 Å². The molecule has 0 saturated carbocycles. The maximum Gasteiger partial charge on any atom is 0.271 e. The zero-order chi connectivity index (χ0) is 19.1. The summed E-state index contributed by atoms with van der Waals surface area (Å²) in [4.78, 5) is 23.7. The lowest BCUT2D eigenvalue weighted by atomic mass is 10.1. The quantitative estimate of drug-likeness (QED) is 0.548. The van der Waals surface area contributed by atoms with Crippen LogP contribution in [0.1, 0.15) is 29.8 Å². The highest BCUT2D eigenvalue weighted by Gasteiger charge is 2.08. The van der Waals surface area contributed by atoms with Crippen LogP contribution in [0.5, 0.6) is 11.5 Å². The largest absolute Gasteiger partial charge is 0.504 e. The summed E-state index contributed by atoms with van der Waals surface area (Å²) >= 11 is 0. The minimum Gasteiger partial charge on any atom is -0.504 e. The second-order valence-electron chi connectivity index (χ2n) is 5.85. The molecule has 0 fully saturated rings. The smallest absolute Gasteiger partial charge is 0.271 e. The molecule has 136 valence electrons. The molecule has 0 aromatic heterocycles. The van der Waals surface area contributed by atoms with Gasteiger partial charge in [0.2, 0.25) is 5.91 Å². The number of hydrazone groups is 1. The SMILES string of the molecule is COc1cc(/C=N/NC(=O)c2ccc(NC(=O)C(C)C)cc2)ccc1O. The zero-order valence-electron chi connectivity index (χ0n) is 14.8. The molecule has 0 aliphatic carbocycles. The molecule has 3 N–H and O–H groups in total. The average molecular weight is 355 g/mol. The van der Waals surface area contributed by atoms with E-state index in [2.05, 4.69) is 15.8 Å². The van der Waals surface area contributed by atoms with E-state index in [1.54, 1.807) is 50.2 Å². The van der Waals surface area contributed by atoms with Gasteiger partial charge in [-0.3, -0.25) is 9.59 Å². The maximum atomic E-state index is 12.1. The van der Waals surface area contributed by atoms with Crippen molar-refractivity contribution in [1.29, 1.82) is 0 Å². The van der Waals surface area contributed by atoms with Crippen LogP contribution in [0.15, 0.2) is 47.6 Å². The van der Waals surface area contributed by atoms with Crippen LogP contribution >= 0.6 is 0 Å². The van der Waals surface area contributed by atoms with Crippen LogP contribution in [-0.2, 0) is 4.79 Å². The molecule has 2 rings (SSSR count). The lowest BCUT2D eigenvalue weighted by Crippen LogP contribution is -2.19. The number of amides is 2. The van der Waals surface area contributed by atoms with E-state index in [0.717, 1.165) is 0 Å². The number of methoxy groups -OCH3 is 1. The van der Waals surface area contributed by atoms with Crippen LogP contribution in [0.3, 0.4) is 0 Å². The van der Waals surface area contributed by atoms with Gasteiger partial charge in [0, 0.05) is 17.2 Å². The molecule has 7 nitrogen and oxygen atoms in total. The normalized spacial score (nSPS) is 10.8. The van der Waals surface area contributed by atoms with E-state index in [1.807, 2.05) is 0 Å². The fourth-order valence-electron chi connectivity index (χ4n) is 2.00. The summed E-state index contributed by atoms with van der Waals surface area (Å²) in [6.45, 7) is 3.61. The van der Waals surface area contributed by atoms with Gasteiger partial charge in [-0.15, -0.1) is 0 Å². The zero-order valence-corrected chi connectivity index (χ0v) is 14.8. The van der Waals surface area contributed by atoms with E-state index in [9.17, 15) is 14.7 Å². The molecule has 0 heterocycles. The molecule has 0 saturated heterocycles. The van der Waals surface area contributed by atoms with Gasteiger partial charge < -0.3 is 15.2 Å². The van der Waals surface area contributed by atoms with Crippen LogP contribution in [0.4, 0.5) is 5.69 Å². The Labute approximate surface area is 151 Å². The first-order chi connectivity index (χ1) is 12.4. The van der Waals surface area contributed by atoms with Crippen molar-refractivity contribution < 1.29 is 19.4 Å². The number of benzene rings is 2. The predicted octanol–water partition coefficient (Wildman–Crippen LogP) is 2.76. The van der Waals surface area contributed by atoms with E-state index >= 15 is 0 Å². The number of aromatic hydroxyl groups is 1. The second kappa shape index (κ2) is 8.66. The van der Waals surface area contributed by atoms with Crippen molar-refractivity contribution in [2.45, 2.75) is 13.8 Å². The number of hydrogen-bond acceptors (Lipinski definition) is 5. The summed E-state index contributed by atoms with van der Waals surface area (Å²) in [6.07, 6.45) is 1.44.